The van der Waals surface area contributed by atoms with Gasteiger partial charge in [-0.1, -0.05) is 29.8 Å². The monoisotopic (exact) mass is 266 g/mol. The van der Waals surface area contributed by atoms with Gasteiger partial charge >= 0.3 is 0 Å². The second kappa shape index (κ2) is 6.54. The zero-order valence-electron chi connectivity index (χ0n) is 9.93. The van der Waals surface area contributed by atoms with Crippen LogP contribution in [0.1, 0.15) is 5.56 Å². The Balaban J connectivity index is 1.88. The van der Waals surface area contributed by atoms with Crippen molar-refractivity contribution in [1.29, 1.82) is 0 Å². The zero-order valence-corrected chi connectivity index (χ0v) is 10.7. The smallest absolute Gasteiger partial charge is 0.258 e. The number of rotatable bonds is 3. The standard InChI is InChI=1S/C13H15ClN2O2/c14-12-4-2-1-3-11(12)5-6-13(17)15-16-7-9-18-10-8-16/h1-6H,7-10H2,(H,15,17)/b6-5+. The van der Waals surface area contributed by atoms with E-state index in [-0.39, 0.29) is 5.91 Å². The van der Waals surface area contributed by atoms with Gasteiger partial charge in [0.15, 0.2) is 0 Å². The van der Waals surface area contributed by atoms with Gasteiger partial charge in [-0.15, -0.1) is 0 Å². The van der Waals surface area contributed by atoms with Crippen molar-refractivity contribution in [3.05, 3.63) is 40.9 Å². The number of hydrazine groups is 1. The van der Waals surface area contributed by atoms with Gasteiger partial charge in [-0.25, -0.2) is 5.01 Å². The van der Waals surface area contributed by atoms with Gasteiger partial charge in [0.05, 0.1) is 13.2 Å². The lowest BCUT2D eigenvalue weighted by atomic mass is 10.2. The molecule has 1 aromatic rings. The zero-order chi connectivity index (χ0) is 12.8. The molecule has 0 saturated carbocycles. The van der Waals surface area contributed by atoms with Crippen LogP contribution in [0.2, 0.25) is 5.02 Å². The van der Waals surface area contributed by atoms with E-state index in [1.54, 1.807) is 12.1 Å². The van der Waals surface area contributed by atoms with Crippen molar-refractivity contribution in [2.75, 3.05) is 26.3 Å². The molecule has 0 aromatic heterocycles. The number of hydrogen-bond acceptors (Lipinski definition) is 3. The molecule has 0 unspecified atom stereocenters. The quantitative estimate of drug-likeness (QED) is 0.847. The molecular formula is C13H15ClN2O2. The van der Waals surface area contributed by atoms with Crippen molar-refractivity contribution < 1.29 is 9.53 Å². The molecule has 4 nitrogen and oxygen atoms in total. The second-order valence-electron chi connectivity index (χ2n) is 3.93. The molecule has 5 heteroatoms. The molecule has 0 aliphatic carbocycles. The molecule has 0 spiro atoms. The minimum Gasteiger partial charge on any atom is -0.379 e. The third kappa shape index (κ3) is 3.84. The number of morpholine rings is 1. The molecule has 1 aliphatic rings. The molecule has 2 rings (SSSR count). The molecule has 1 heterocycles. The van der Waals surface area contributed by atoms with E-state index in [0.717, 1.165) is 5.56 Å². The molecule has 96 valence electrons. The fourth-order valence-electron chi connectivity index (χ4n) is 1.64. The van der Waals surface area contributed by atoms with Crippen LogP contribution in [0.5, 0.6) is 0 Å². The Labute approximate surface area is 111 Å². The highest BCUT2D eigenvalue weighted by Crippen LogP contribution is 2.15. The Morgan fingerprint density at radius 3 is 2.78 bits per heavy atom. The van der Waals surface area contributed by atoms with E-state index < -0.39 is 0 Å². The molecule has 1 aliphatic heterocycles. The Kier molecular flexibility index (Phi) is 4.75. The minimum atomic E-state index is -0.156. The first-order chi connectivity index (χ1) is 8.75. The molecule has 0 bridgehead atoms. The predicted molar refractivity (Wildman–Crippen MR) is 71.0 cm³/mol. The van der Waals surface area contributed by atoms with Gasteiger partial charge in [-0.2, -0.15) is 0 Å². The van der Waals surface area contributed by atoms with Crippen LogP contribution >= 0.6 is 11.6 Å². The number of hydrogen-bond donors (Lipinski definition) is 1. The number of nitrogens with one attached hydrogen (secondary N) is 1. The maximum absolute atomic E-state index is 11.7. The maximum atomic E-state index is 11.7. The number of nitrogens with zero attached hydrogens (tertiary/aromatic N) is 1. The highest BCUT2D eigenvalue weighted by molar-refractivity contribution is 6.32. The van der Waals surface area contributed by atoms with E-state index in [2.05, 4.69) is 5.43 Å². The summed E-state index contributed by atoms with van der Waals surface area (Å²) in [5, 5.41) is 2.48. The molecule has 0 atom stereocenters. The van der Waals surface area contributed by atoms with E-state index in [9.17, 15) is 4.79 Å². The second-order valence-corrected chi connectivity index (χ2v) is 4.34. The van der Waals surface area contributed by atoms with E-state index in [4.69, 9.17) is 16.3 Å². The molecule has 1 N–H and O–H groups in total. The van der Waals surface area contributed by atoms with Crippen LogP contribution in [0.3, 0.4) is 0 Å². The molecule has 1 amide bonds. The van der Waals surface area contributed by atoms with Crippen molar-refractivity contribution in [3.63, 3.8) is 0 Å². The SMILES string of the molecule is O=C(/C=C/c1ccccc1Cl)NN1CCOCC1. The Bertz CT molecular complexity index is 442. The average molecular weight is 267 g/mol. The van der Waals surface area contributed by atoms with Crippen molar-refractivity contribution in [2.24, 2.45) is 0 Å². The van der Waals surface area contributed by atoms with Crippen LogP contribution in [-0.4, -0.2) is 37.2 Å². The first-order valence-corrected chi connectivity index (χ1v) is 6.19. The highest BCUT2D eigenvalue weighted by Gasteiger charge is 2.11. The van der Waals surface area contributed by atoms with E-state index >= 15 is 0 Å². The van der Waals surface area contributed by atoms with Gasteiger partial charge in [-0.05, 0) is 17.7 Å². The lowest BCUT2D eigenvalue weighted by molar-refractivity contribution is -0.123. The van der Waals surface area contributed by atoms with Crippen LogP contribution in [-0.2, 0) is 9.53 Å². The van der Waals surface area contributed by atoms with E-state index in [1.165, 1.54) is 6.08 Å². The number of benzene rings is 1. The molecule has 18 heavy (non-hydrogen) atoms. The first kappa shape index (κ1) is 13.1. The molecule has 1 aromatic carbocycles. The summed E-state index contributed by atoms with van der Waals surface area (Å²) in [7, 11) is 0. The molecule has 1 fully saturated rings. The van der Waals surface area contributed by atoms with Gasteiger partial charge in [0.1, 0.15) is 0 Å². The van der Waals surface area contributed by atoms with Gasteiger partial charge < -0.3 is 4.74 Å². The molecule has 0 radical (unpaired) electrons. The third-order valence-corrected chi connectivity index (χ3v) is 2.94. The fourth-order valence-corrected chi connectivity index (χ4v) is 1.84. The van der Waals surface area contributed by atoms with Gasteiger partial charge in [0.2, 0.25) is 0 Å². The Morgan fingerprint density at radius 1 is 1.33 bits per heavy atom. The fraction of sp³-hybridized carbons (Fsp3) is 0.308. The summed E-state index contributed by atoms with van der Waals surface area (Å²) in [5.41, 5.74) is 3.62. The lowest BCUT2D eigenvalue weighted by Gasteiger charge is -2.26. The summed E-state index contributed by atoms with van der Waals surface area (Å²) in [6.45, 7) is 2.72. The topological polar surface area (TPSA) is 41.6 Å². The average Bonchev–Trinajstić information content (AvgIpc) is 2.39. The summed E-state index contributed by atoms with van der Waals surface area (Å²) in [6, 6.07) is 7.39. The van der Waals surface area contributed by atoms with E-state index in [0.29, 0.717) is 31.3 Å². The van der Waals surface area contributed by atoms with Crippen molar-refractivity contribution in [1.82, 2.24) is 10.4 Å². The maximum Gasteiger partial charge on any atom is 0.258 e. The Morgan fingerprint density at radius 2 is 2.06 bits per heavy atom. The summed E-state index contributed by atoms with van der Waals surface area (Å²) in [4.78, 5) is 11.7. The summed E-state index contributed by atoms with van der Waals surface area (Å²) < 4.78 is 5.20. The van der Waals surface area contributed by atoms with Crippen molar-refractivity contribution in [2.45, 2.75) is 0 Å². The van der Waals surface area contributed by atoms with Crippen molar-refractivity contribution in [3.8, 4) is 0 Å². The predicted octanol–water partition coefficient (Wildman–Crippen LogP) is 1.72. The number of ether oxygens (including phenoxy) is 1. The van der Waals surface area contributed by atoms with Crippen molar-refractivity contribution >= 4 is 23.6 Å². The number of carbonyl (C=O) groups excluding carboxylic acids is 1. The van der Waals surface area contributed by atoms with Gasteiger partial charge in [0.25, 0.3) is 5.91 Å². The number of halogens is 1. The normalized spacial score (nSPS) is 16.9. The third-order valence-electron chi connectivity index (χ3n) is 2.60. The van der Waals surface area contributed by atoms with Crippen LogP contribution in [0, 0.1) is 0 Å². The summed E-state index contributed by atoms with van der Waals surface area (Å²) >= 11 is 5.99. The van der Waals surface area contributed by atoms with Gasteiger partial charge in [0, 0.05) is 24.2 Å². The van der Waals surface area contributed by atoms with Crippen LogP contribution in [0.4, 0.5) is 0 Å². The number of amides is 1. The van der Waals surface area contributed by atoms with Gasteiger partial charge in [-0.3, -0.25) is 10.2 Å². The van der Waals surface area contributed by atoms with Crippen LogP contribution < -0.4 is 5.43 Å². The minimum absolute atomic E-state index is 0.156. The number of carbonyl (C=O) groups is 1. The van der Waals surface area contributed by atoms with Crippen LogP contribution in [0.25, 0.3) is 6.08 Å². The molecule has 1 saturated heterocycles. The Hall–Kier alpha value is -1.36. The summed E-state index contributed by atoms with van der Waals surface area (Å²) in [6.07, 6.45) is 3.19. The van der Waals surface area contributed by atoms with E-state index in [1.807, 2.05) is 23.2 Å². The summed E-state index contributed by atoms with van der Waals surface area (Å²) in [5.74, 6) is -0.156. The van der Waals surface area contributed by atoms with Crippen LogP contribution in [0.15, 0.2) is 30.3 Å². The first-order valence-electron chi connectivity index (χ1n) is 5.81. The highest BCUT2D eigenvalue weighted by atomic mass is 35.5. The lowest BCUT2D eigenvalue weighted by Crippen LogP contribution is -2.47. The largest absolute Gasteiger partial charge is 0.379 e. The molecular weight excluding hydrogens is 252 g/mol.